The van der Waals surface area contributed by atoms with Crippen LogP contribution in [0.3, 0.4) is 0 Å². The van der Waals surface area contributed by atoms with E-state index < -0.39 is 0 Å². The van der Waals surface area contributed by atoms with Gasteiger partial charge in [0, 0.05) is 16.2 Å². The lowest BCUT2D eigenvalue weighted by atomic mass is 10.1. The smallest absolute Gasteiger partial charge is 0.293 e. The molecule has 1 N–H and O–H groups in total. The molecule has 0 heterocycles. The van der Waals surface area contributed by atoms with Crippen LogP contribution in [0, 0.1) is 13.7 Å². The second-order valence-electron chi connectivity index (χ2n) is 4.44. The van der Waals surface area contributed by atoms with E-state index in [4.69, 9.17) is 0 Å². The zero-order valence-corrected chi connectivity index (χ0v) is 13.3. The summed E-state index contributed by atoms with van der Waals surface area (Å²) in [5.41, 5.74) is 3.06. The van der Waals surface area contributed by atoms with Gasteiger partial charge in [0.1, 0.15) is 5.69 Å². The van der Waals surface area contributed by atoms with Crippen molar-refractivity contribution >= 4 is 34.0 Å². The number of hydrogen-bond donors (Lipinski definition) is 1. The summed E-state index contributed by atoms with van der Waals surface area (Å²) >= 11 is 2.07. The largest absolute Gasteiger partial charge is 0.375 e. The molecule has 5 heteroatoms. The van der Waals surface area contributed by atoms with Crippen LogP contribution in [0.4, 0.5) is 11.4 Å². The second kappa shape index (κ2) is 6.69. The minimum atomic E-state index is -0.356. The van der Waals surface area contributed by atoms with Crippen LogP contribution in [0.1, 0.15) is 18.1 Å². The van der Waals surface area contributed by atoms with Gasteiger partial charge in [0.15, 0.2) is 0 Å². The minimum Gasteiger partial charge on any atom is -0.375 e. The first kappa shape index (κ1) is 14.8. The van der Waals surface area contributed by atoms with E-state index in [1.807, 2.05) is 18.2 Å². The van der Waals surface area contributed by atoms with E-state index in [1.54, 1.807) is 12.1 Å². The summed E-state index contributed by atoms with van der Waals surface area (Å²) in [6, 6.07) is 13.4. The first-order chi connectivity index (χ1) is 9.60. The van der Waals surface area contributed by atoms with Crippen molar-refractivity contribution in [1.29, 1.82) is 0 Å². The van der Waals surface area contributed by atoms with Crippen molar-refractivity contribution in [1.82, 2.24) is 0 Å². The fraction of sp³-hybridized carbons (Fsp3) is 0.200. The maximum absolute atomic E-state index is 11.0. The molecule has 0 saturated carbocycles. The van der Waals surface area contributed by atoms with Crippen LogP contribution in [-0.4, -0.2) is 4.92 Å². The normalized spacial score (nSPS) is 10.3. The van der Waals surface area contributed by atoms with Gasteiger partial charge in [-0.2, -0.15) is 0 Å². The maximum Gasteiger partial charge on any atom is 0.293 e. The van der Waals surface area contributed by atoms with E-state index >= 15 is 0 Å². The van der Waals surface area contributed by atoms with Crippen LogP contribution >= 0.6 is 22.6 Å². The highest BCUT2D eigenvalue weighted by Gasteiger charge is 2.13. The number of hydrogen-bond acceptors (Lipinski definition) is 3. The number of aryl methyl sites for hydroxylation is 1. The predicted octanol–water partition coefficient (Wildman–Crippen LogP) is 4.37. The molecule has 104 valence electrons. The summed E-state index contributed by atoms with van der Waals surface area (Å²) in [5, 5.41) is 14.2. The fourth-order valence-electron chi connectivity index (χ4n) is 1.90. The number of nitro groups is 1. The van der Waals surface area contributed by atoms with E-state index in [-0.39, 0.29) is 10.6 Å². The van der Waals surface area contributed by atoms with Gasteiger partial charge in [-0.15, -0.1) is 0 Å². The quantitative estimate of drug-likeness (QED) is 0.475. The Balaban J connectivity index is 2.12. The topological polar surface area (TPSA) is 55.2 Å². The maximum atomic E-state index is 11.0. The highest BCUT2D eigenvalue weighted by atomic mass is 127. The molecule has 0 aliphatic rings. The van der Waals surface area contributed by atoms with Crippen molar-refractivity contribution < 1.29 is 4.92 Å². The first-order valence-corrected chi connectivity index (χ1v) is 7.43. The van der Waals surface area contributed by atoms with Crippen LogP contribution in [0.25, 0.3) is 0 Å². The molecular weight excluding hydrogens is 367 g/mol. The third-order valence-corrected chi connectivity index (χ3v) is 3.74. The van der Waals surface area contributed by atoms with Crippen LogP contribution < -0.4 is 5.32 Å². The Bertz CT molecular complexity index is 612. The van der Waals surface area contributed by atoms with Crippen molar-refractivity contribution in [3.05, 3.63) is 67.3 Å². The molecule has 0 aliphatic heterocycles. The number of nitrogens with zero attached hydrogens (tertiary/aromatic N) is 1. The zero-order valence-electron chi connectivity index (χ0n) is 11.1. The van der Waals surface area contributed by atoms with Crippen molar-refractivity contribution in [3.63, 3.8) is 0 Å². The van der Waals surface area contributed by atoms with Gasteiger partial charge >= 0.3 is 0 Å². The van der Waals surface area contributed by atoms with Crippen molar-refractivity contribution in [2.75, 3.05) is 5.32 Å². The number of benzene rings is 2. The fourth-order valence-corrected chi connectivity index (χ4v) is 2.37. The van der Waals surface area contributed by atoms with Gasteiger partial charge in [-0.1, -0.05) is 31.2 Å². The molecule has 0 atom stereocenters. The van der Waals surface area contributed by atoms with Gasteiger partial charge in [0.2, 0.25) is 0 Å². The molecule has 0 bridgehead atoms. The molecule has 0 saturated heterocycles. The average molecular weight is 382 g/mol. The van der Waals surface area contributed by atoms with Gasteiger partial charge in [-0.25, -0.2) is 0 Å². The number of anilines is 1. The number of nitrogens with one attached hydrogen (secondary N) is 1. The molecular formula is C15H15IN2O2. The summed E-state index contributed by atoms with van der Waals surface area (Å²) in [6.45, 7) is 2.69. The van der Waals surface area contributed by atoms with E-state index in [2.05, 4.69) is 47.0 Å². The SMILES string of the molecule is CCc1ccc(CNc2ccc(I)cc2[N+](=O)[O-])cc1. The van der Waals surface area contributed by atoms with Gasteiger partial charge in [0.25, 0.3) is 5.69 Å². The Hall–Kier alpha value is -1.63. The van der Waals surface area contributed by atoms with Crippen LogP contribution in [0.15, 0.2) is 42.5 Å². The van der Waals surface area contributed by atoms with Crippen molar-refractivity contribution in [3.8, 4) is 0 Å². The van der Waals surface area contributed by atoms with E-state index in [0.29, 0.717) is 12.2 Å². The van der Waals surface area contributed by atoms with Gasteiger partial charge in [0.05, 0.1) is 4.92 Å². The zero-order chi connectivity index (χ0) is 14.5. The van der Waals surface area contributed by atoms with Crippen LogP contribution in [0.2, 0.25) is 0 Å². The Morgan fingerprint density at radius 2 is 1.80 bits per heavy atom. The molecule has 0 aromatic heterocycles. The molecule has 0 amide bonds. The Morgan fingerprint density at radius 3 is 2.40 bits per heavy atom. The highest BCUT2D eigenvalue weighted by Crippen LogP contribution is 2.26. The van der Waals surface area contributed by atoms with Crippen molar-refractivity contribution in [2.24, 2.45) is 0 Å². The monoisotopic (exact) mass is 382 g/mol. The number of halogens is 1. The number of rotatable bonds is 5. The Kier molecular flexibility index (Phi) is 4.94. The Morgan fingerprint density at radius 1 is 1.15 bits per heavy atom. The van der Waals surface area contributed by atoms with Gasteiger partial charge in [-0.3, -0.25) is 10.1 Å². The molecule has 0 radical (unpaired) electrons. The summed E-state index contributed by atoms with van der Waals surface area (Å²) in [7, 11) is 0. The molecule has 0 spiro atoms. The standard InChI is InChI=1S/C15H15IN2O2/c1-2-11-3-5-12(6-4-11)10-17-14-8-7-13(16)9-15(14)18(19)20/h3-9,17H,2,10H2,1H3. The molecule has 2 aromatic rings. The third-order valence-electron chi connectivity index (χ3n) is 3.07. The molecule has 0 aliphatic carbocycles. The predicted molar refractivity (Wildman–Crippen MR) is 89.0 cm³/mol. The summed E-state index contributed by atoms with van der Waals surface area (Å²) in [6.07, 6.45) is 1.01. The lowest BCUT2D eigenvalue weighted by Gasteiger charge is -2.08. The molecule has 2 aromatic carbocycles. The van der Waals surface area contributed by atoms with E-state index in [0.717, 1.165) is 15.6 Å². The Labute approximate surface area is 131 Å². The molecule has 4 nitrogen and oxygen atoms in total. The van der Waals surface area contributed by atoms with E-state index in [9.17, 15) is 10.1 Å². The summed E-state index contributed by atoms with van der Waals surface area (Å²) < 4.78 is 0.854. The molecule has 0 fully saturated rings. The van der Waals surface area contributed by atoms with Crippen molar-refractivity contribution in [2.45, 2.75) is 19.9 Å². The molecule has 0 unspecified atom stereocenters. The van der Waals surface area contributed by atoms with Gasteiger partial charge in [-0.05, 0) is 52.3 Å². The molecule has 20 heavy (non-hydrogen) atoms. The van der Waals surface area contributed by atoms with Crippen LogP contribution in [0.5, 0.6) is 0 Å². The summed E-state index contributed by atoms with van der Waals surface area (Å²) in [4.78, 5) is 10.7. The average Bonchev–Trinajstić information content (AvgIpc) is 2.46. The first-order valence-electron chi connectivity index (χ1n) is 6.35. The van der Waals surface area contributed by atoms with Crippen LogP contribution in [-0.2, 0) is 13.0 Å². The van der Waals surface area contributed by atoms with Gasteiger partial charge < -0.3 is 5.32 Å². The highest BCUT2D eigenvalue weighted by molar-refractivity contribution is 14.1. The lowest BCUT2D eigenvalue weighted by molar-refractivity contribution is -0.384. The lowest BCUT2D eigenvalue weighted by Crippen LogP contribution is -2.03. The third kappa shape index (κ3) is 3.69. The second-order valence-corrected chi connectivity index (χ2v) is 5.69. The molecule has 2 rings (SSSR count). The van der Waals surface area contributed by atoms with E-state index in [1.165, 1.54) is 5.56 Å². The minimum absolute atomic E-state index is 0.113. The summed E-state index contributed by atoms with van der Waals surface area (Å²) in [5.74, 6) is 0. The number of nitro benzene ring substituents is 1.